The number of nitrogens with one attached hydrogen (secondary N) is 1. The summed E-state index contributed by atoms with van der Waals surface area (Å²) in [4.78, 5) is 16.5. The number of amides is 1. The van der Waals surface area contributed by atoms with Crippen LogP contribution in [0.25, 0.3) is 0 Å². The first kappa shape index (κ1) is 20.1. The minimum Gasteiger partial charge on any atom is -0.352 e. The number of sulfonamides is 1. The zero-order valence-corrected chi connectivity index (χ0v) is 17.1. The summed E-state index contributed by atoms with van der Waals surface area (Å²) in [5.74, 6) is -0.606. The maximum atomic E-state index is 12.7. The maximum absolute atomic E-state index is 12.7. The van der Waals surface area contributed by atoms with Crippen LogP contribution in [0.3, 0.4) is 0 Å². The van der Waals surface area contributed by atoms with Crippen molar-refractivity contribution in [1.29, 1.82) is 0 Å². The van der Waals surface area contributed by atoms with Gasteiger partial charge in [-0.1, -0.05) is 29.3 Å². The Hall–Kier alpha value is -1.61. The summed E-state index contributed by atoms with van der Waals surface area (Å²) in [7, 11) is -1.99. The van der Waals surface area contributed by atoms with Crippen molar-refractivity contribution >= 4 is 39.1 Å². The first-order valence-electron chi connectivity index (χ1n) is 8.47. The number of benzene rings is 1. The van der Waals surface area contributed by atoms with Crippen LogP contribution in [0.1, 0.15) is 18.4 Å². The first-order valence-corrected chi connectivity index (χ1v) is 10.7. The van der Waals surface area contributed by atoms with Crippen molar-refractivity contribution in [3.8, 4) is 0 Å². The molecule has 146 valence electrons. The normalized spacial score (nSPS) is 18.4. The summed E-state index contributed by atoms with van der Waals surface area (Å²) in [6, 6.07) is 5.08. The van der Waals surface area contributed by atoms with Crippen LogP contribution in [0, 0.1) is 5.92 Å². The number of imidazole rings is 1. The largest absolute Gasteiger partial charge is 0.352 e. The second-order valence-electron chi connectivity index (χ2n) is 6.53. The molecule has 1 atom stereocenters. The van der Waals surface area contributed by atoms with Crippen molar-refractivity contribution in [3.63, 3.8) is 0 Å². The van der Waals surface area contributed by atoms with Gasteiger partial charge in [0.15, 0.2) is 5.03 Å². The lowest BCUT2D eigenvalue weighted by Crippen LogP contribution is -2.45. The van der Waals surface area contributed by atoms with E-state index in [4.69, 9.17) is 23.2 Å². The van der Waals surface area contributed by atoms with Gasteiger partial charge in [-0.15, -0.1) is 0 Å². The Bertz CT molecular complexity index is 945. The van der Waals surface area contributed by atoms with Crippen molar-refractivity contribution in [2.24, 2.45) is 13.0 Å². The van der Waals surface area contributed by atoms with Gasteiger partial charge in [0.25, 0.3) is 10.0 Å². The van der Waals surface area contributed by atoms with Gasteiger partial charge in [0.05, 0.1) is 12.2 Å². The van der Waals surface area contributed by atoms with Crippen LogP contribution in [0.5, 0.6) is 0 Å². The van der Waals surface area contributed by atoms with Crippen molar-refractivity contribution in [2.45, 2.75) is 24.4 Å². The average Bonchev–Trinajstić information content (AvgIpc) is 3.08. The van der Waals surface area contributed by atoms with E-state index in [0.29, 0.717) is 29.4 Å². The van der Waals surface area contributed by atoms with Gasteiger partial charge < -0.3 is 9.88 Å². The van der Waals surface area contributed by atoms with Crippen molar-refractivity contribution in [2.75, 3.05) is 13.1 Å². The number of nitrogens with zero attached hydrogens (tertiary/aromatic N) is 3. The van der Waals surface area contributed by atoms with E-state index in [9.17, 15) is 13.2 Å². The number of carbonyl (C=O) groups excluding carboxylic acids is 1. The van der Waals surface area contributed by atoms with Gasteiger partial charge in [0, 0.05) is 42.9 Å². The van der Waals surface area contributed by atoms with Gasteiger partial charge in [-0.2, -0.15) is 4.31 Å². The highest BCUT2D eigenvalue weighted by Gasteiger charge is 2.34. The number of aryl methyl sites for hydroxylation is 1. The second-order valence-corrected chi connectivity index (χ2v) is 9.26. The van der Waals surface area contributed by atoms with Crippen LogP contribution in [0.15, 0.2) is 35.7 Å². The molecule has 3 rings (SSSR count). The second kappa shape index (κ2) is 8.18. The minimum absolute atomic E-state index is 0.000922. The molecule has 27 heavy (non-hydrogen) atoms. The SMILES string of the molecule is Cn1cnc(S(=O)(=O)N2CCC[C@@H](C(=O)NCc3ccc(Cl)cc3Cl)C2)c1. The summed E-state index contributed by atoms with van der Waals surface area (Å²) in [5, 5.41) is 3.84. The molecule has 0 radical (unpaired) electrons. The smallest absolute Gasteiger partial charge is 0.262 e. The van der Waals surface area contributed by atoms with E-state index in [1.807, 2.05) is 0 Å². The van der Waals surface area contributed by atoms with Gasteiger partial charge in [-0.3, -0.25) is 4.79 Å². The monoisotopic (exact) mass is 430 g/mol. The van der Waals surface area contributed by atoms with Crippen LogP contribution >= 0.6 is 23.2 Å². The molecule has 0 unspecified atom stereocenters. The topological polar surface area (TPSA) is 84.3 Å². The Morgan fingerprint density at radius 2 is 2.15 bits per heavy atom. The highest BCUT2D eigenvalue weighted by Crippen LogP contribution is 2.24. The third-order valence-electron chi connectivity index (χ3n) is 4.51. The molecule has 7 nitrogen and oxygen atoms in total. The van der Waals surface area contributed by atoms with Crippen molar-refractivity contribution < 1.29 is 13.2 Å². The van der Waals surface area contributed by atoms with Crippen molar-refractivity contribution in [1.82, 2.24) is 19.2 Å². The van der Waals surface area contributed by atoms with Crippen LogP contribution in [0.2, 0.25) is 10.0 Å². The molecule has 0 saturated carbocycles. The third-order valence-corrected chi connectivity index (χ3v) is 6.85. The number of halogens is 2. The summed E-state index contributed by atoms with van der Waals surface area (Å²) in [6.45, 7) is 0.781. The number of piperidine rings is 1. The van der Waals surface area contributed by atoms with Gasteiger partial charge in [-0.05, 0) is 30.5 Å². The fourth-order valence-corrected chi connectivity index (χ4v) is 4.99. The quantitative estimate of drug-likeness (QED) is 0.788. The molecule has 0 aliphatic carbocycles. The predicted octanol–water partition coefficient (Wildman–Crippen LogP) is 2.44. The highest BCUT2D eigenvalue weighted by atomic mass is 35.5. The molecule has 1 aliphatic rings. The fraction of sp³-hybridized carbons (Fsp3) is 0.412. The molecule has 0 bridgehead atoms. The van der Waals surface area contributed by atoms with Crippen LogP contribution < -0.4 is 5.32 Å². The molecule has 1 aromatic heterocycles. The molecule has 2 aromatic rings. The molecular formula is C17H20Cl2N4O3S. The Kier molecular flexibility index (Phi) is 6.10. The predicted molar refractivity (Wildman–Crippen MR) is 103 cm³/mol. The Morgan fingerprint density at radius 1 is 1.37 bits per heavy atom. The van der Waals surface area contributed by atoms with Gasteiger partial charge in [-0.25, -0.2) is 13.4 Å². The lowest BCUT2D eigenvalue weighted by molar-refractivity contribution is -0.126. The Labute approximate surface area is 168 Å². The minimum atomic E-state index is -3.70. The van der Waals surface area contributed by atoms with E-state index >= 15 is 0 Å². The maximum Gasteiger partial charge on any atom is 0.262 e. The molecule has 1 aromatic carbocycles. The zero-order chi connectivity index (χ0) is 19.6. The van der Waals surface area contributed by atoms with Gasteiger partial charge in [0.1, 0.15) is 0 Å². The highest BCUT2D eigenvalue weighted by molar-refractivity contribution is 7.89. The summed E-state index contributed by atoms with van der Waals surface area (Å²) < 4.78 is 28.3. The van der Waals surface area contributed by atoms with Crippen LogP contribution in [-0.4, -0.2) is 41.3 Å². The fourth-order valence-electron chi connectivity index (χ4n) is 3.02. The number of rotatable bonds is 5. The van der Waals surface area contributed by atoms with E-state index < -0.39 is 15.9 Å². The molecule has 1 amide bonds. The standard InChI is InChI=1S/C17H20Cl2N4O3S/c1-22-10-16(21-11-22)27(25,26)23-6-2-3-13(9-23)17(24)20-8-12-4-5-14(18)7-15(12)19/h4-5,7,10-11,13H,2-3,6,8-9H2,1H3,(H,20,24)/t13-/m1/s1. The molecule has 1 fully saturated rings. The molecule has 10 heteroatoms. The van der Waals surface area contributed by atoms with E-state index in [2.05, 4.69) is 10.3 Å². The molecule has 1 saturated heterocycles. The lowest BCUT2D eigenvalue weighted by Gasteiger charge is -2.30. The van der Waals surface area contributed by atoms with E-state index in [1.165, 1.54) is 16.8 Å². The van der Waals surface area contributed by atoms with E-state index in [-0.39, 0.29) is 24.0 Å². The Balaban J connectivity index is 1.64. The Morgan fingerprint density at radius 3 is 2.81 bits per heavy atom. The lowest BCUT2D eigenvalue weighted by atomic mass is 9.99. The summed E-state index contributed by atoms with van der Waals surface area (Å²) in [5.41, 5.74) is 0.753. The van der Waals surface area contributed by atoms with E-state index in [0.717, 1.165) is 5.56 Å². The molecule has 1 aliphatic heterocycles. The number of hydrogen-bond acceptors (Lipinski definition) is 4. The number of hydrogen-bond donors (Lipinski definition) is 1. The van der Waals surface area contributed by atoms with E-state index in [1.54, 1.807) is 29.8 Å². The number of aromatic nitrogens is 2. The molecule has 2 heterocycles. The summed E-state index contributed by atoms with van der Waals surface area (Å²) >= 11 is 12.0. The zero-order valence-electron chi connectivity index (χ0n) is 14.7. The van der Waals surface area contributed by atoms with Gasteiger partial charge >= 0.3 is 0 Å². The first-order chi connectivity index (χ1) is 12.8. The van der Waals surface area contributed by atoms with Gasteiger partial charge in [0.2, 0.25) is 5.91 Å². The molecule has 0 spiro atoms. The van der Waals surface area contributed by atoms with Crippen LogP contribution in [-0.2, 0) is 28.4 Å². The molecular weight excluding hydrogens is 411 g/mol. The summed E-state index contributed by atoms with van der Waals surface area (Å²) in [6.07, 6.45) is 4.15. The average molecular weight is 431 g/mol. The third kappa shape index (κ3) is 4.63. The van der Waals surface area contributed by atoms with Crippen molar-refractivity contribution in [3.05, 3.63) is 46.3 Å². The molecule has 1 N–H and O–H groups in total. The number of carbonyl (C=O) groups is 1. The van der Waals surface area contributed by atoms with Crippen LogP contribution in [0.4, 0.5) is 0 Å².